The number of nitrogens with zero attached hydrogens (tertiary/aromatic N) is 5. The Morgan fingerprint density at radius 1 is 1.12 bits per heavy atom. The number of aromatic amines is 1. The molecule has 2 N–H and O–H groups in total. The molecule has 176 valence electrons. The van der Waals surface area contributed by atoms with Gasteiger partial charge in [0, 0.05) is 36.5 Å². The van der Waals surface area contributed by atoms with E-state index >= 15 is 0 Å². The number of carbonyl (C=O) groups is 1. The minimum Gasteiger partial charge on any atom is -0.347 e. The first-order chi connectivity index (χ1) is 16.7. The Morgan fingerprint density at radius 2 is 1.91 bits per heavy atom. The maximum atomic E-state index is 13.0. The summed E-state index contributed by atoms with van der Waals surface area (Å²) in [5.74, 6) is 1.86. The highest BCUT2D eigenvalue weighted by Gasteiger charge is 2.18. The molecular weight excluding hydrogens is 446 g/mol. The van der Waals surface area contributed by atoms with E-state index in [0.29, 0.717) is 23.8 Å². The Balaban J connectivity index is 1.48. The largest absolute Gasteiger partial charge is 0.347 e. The molecule has 0 radical (unpaired) electrons. The van der Waals surface area contributed by atoms with Gasteiger partial charge in [-0.15, -0.1) is 10.2 Å². The second-order valence-corrected chi connectivity index (χ2v) is 8.61. The second kappa shape index (κ2) is 11.6. The highest BCUT2D eigenvalue weighted by Crippen LogP contribution is 2.17. The summed E-state index contributed by atoms with van der Waals surface area (Å²) < 4.78 is 2.07. The van der Waals surface area contributed by atoms with Gasteiger partial charge in [0.25, 0.3) is 5.91 Å². The van der Waals surface area contributed by atoms with Crippen LogP contribution in [0.1, 0.15) is 47.2 Å². The zero-order valence-corrected chi connectivity index (χ0v) is 20.1. The predicted octanol–water partition coefficient (Wildman–Crippen LogP) is 3.73. The normalized spacial score (nSPS) is 11.9. The topological polar surface area (TPSA) is 101 Å². The molecule has 2 aromatic heterocycles. The van der Waals surface area contributed by atoms with Crippen LogP contribution in [0.25, 0.3) is 11.4 Å². The first-order valence-electron chi connectivity index (χ1n) is 11.5. The van der Waals surface area contributed by atoms with Gasteiger partial charge in [0.2, 0.25) is 5.82 Å². The number of aryl methyl sites for hydroxylation is 1. The number of thiol groups is 1. The fraction of sp³-hybridized carbons (Fsp3) is 0.320. The number of aromatic nitrogens is 6. The monoisotopic (exact) mass is 475 g/mol. The van der Waals surface area contributed by atoms with Gasteiger partial charge in [0.05, 0.1) is 0 Å². The molecule has 0 fully saturated rings. The number of unbranched alkanes of at least 4 members (excludes halogenated alkanes) is 1. The SMILES string of the molecule is CCCCc1nc(C(=O)N[C@@H](CS)Cc2ccccc2)cn1Cc1ccc(-c2nn[nH]n2)cc1. The van der Waals surface area contributed by atoms with Crippen molar-refractivity contribution < 1.29 is 4.79 Å². The molecule has 0 unspecified atom stereocenters. The van der Waals surface area contributed by atoms with E-state index in [9.17, 15) is 4.79 Å². The Labute approximate surface area is 204 Å². The van der Waals surface area contributed by atoms with Gasteiger partial charge in [-0.3, -0.25) is 4.79 Å². The number of hydrogen-bond acceptors (Lipinski definition) is 6. The van der Waals surface area contributed by atoms with Crippen LogP contribution < -0.4 is 5.32 Å². The standard InChI is InChI=1S/C25H29N7OS/c1-2-3-9-23-27-22(25(33)26-21(17-34)14-18-7-5-4-6-8-18)16-32(23)15-19-10-12-20(13-11-19)24-28-30-31-29-24/h4-8,10-13,16,21,34H,2-3,9,14-15,17H2,1H3,(H,26,33)(H,28,29,30,31)/t21-/m1/s1. The van der Waals surface area contributed by atoms with Crippen molar-refractivity contribution in [2.45, 2.75) is 45.2 Å². The molecule has 0 aliphatic carbocycles. The molecule has 0 aliphatic heterocycles. The molecule has 4 aromatic rings. The van der Waals surface area contributed by atoms with Crippen molar-refractivity contribution in [1.82, 2.24) is 35.5 Å². The lowest BCUT2D eigenvalue weighted by molar-refractivity contribution is 0.0936. The molecule has 0 bridgehead atoms. The van der Waals surface area contributed by atoms with Crippen LogP contribution in [0.5, 0.6) is 0 Å². The smallest absolute Gasteiger partial charge is 0.271 e. The van der Waals surface area contributed by atoms with Crippen molar-refractivity contribution in [3.8, 4) is 11.4 Å². The number of imidazole rings is 1. The summed E-state index contributed by atoms with van der Waals surface area (Å²) in [6, 6.07) is 18.0. The Hall–Kier alpha value is -3.46. The van der Waals surface area contributed by atoms with Gasteiger partial charge < -0.3 is 9.88 Å². The van der Waals surface area contributed by atoms with Crippen molar-refractivity contribution in [1.29, 1.82) is 0 Å². The highest BCUT2D eigenvalue weighted by atomic mass is 32.1. The Morgan fingerprint density at radius 3 is 2.59 bits per heavy atom. The third kappa shape index (κ3) is 6.11. The van der Waals surface area contributed by atoms with Crippen LogP contribution in [0.4, 0.5) is 0 Å². The van der Waals surface area contributed by atoms with Gasteiger partial charge in [-0.05, 0) is 29.2 Å². The van der Waals surface area contributed by atoms with Crippen LogP contribution in [0.3, 0.4) is 0 Å². The van der Waals surface area contributed by atoms with Gasteiger partial charge in [0.1, 0.15) is 11.5 Å². The number of tetrazole rings is 1. The van der Waals surface area contributed by atoms with Crippen molar-refractivity contribution in [2.75, 3.05) is 5.75 Å². The van der Waals surface area contributed by atoms with Crippen LogP contribution in [0.15, 0.2) is 60.8 Å². The Bertz CT molecular complexity index is 1170. The van der Waals surface area contributed by atoms with Gasteiger partial charge in [-0.25, -0.2) is 4.98 Å². The molecule has 1 atom stereocenters. The quantitative estimate of drug-likeness (QED) is 0.287. The van der Waals surface area contributed by atoms with E-state index in [1.54, 1.807) is 0 Å². The fourth-order valence-corrected chi connectivity index (χ4v) is 4.01. The van der Waals surface area contributed by atoms with Gasteiger partial charge in [0.15, 0.2) is 0 Å². The lowest BCUT2D eigenvalue weighted by Crippen LogP contribution is -2.38. The number of amides is 1. The van der Waals surface area contributed by atoms with Gasteiger partial charge in [-0.1, -0.05) is 67.9 Å². The molecule has 8 nitrogen and oxygen atoms in total. The van der Waals surface area contributed by atoms with E-state index in [0.717, 1.165) is 42.6 Å². The highest BCUT2D eigenvalue weighted by molar-refractivity contribution is 7.80. The van der Waals surface area contributed by atoms with Crippen LogP contribution >= 0.6 is 12.6 Å². The first kappa shape index (κ1) is 23.7. The summed E-state index contributed by atoms with van der Waals surface area (Å²) >= 11 is 4.45. The summed E-state index contributed by atoms with van der Waals surface area (Å²) in [6.07, 6.45) is 5.48. The molecule has 2 heterocycles. The van der Waals surface area contributed by atoms with Gasteiger partial charge in [-0.2, -0.15) is 17.8 Å². The number of benzene rings is 2. The second-order valence-electron chi connectivity index (χ2n) is 8.25. The number of hydrogen-bond donors (Lipinski definition) is 3. The maximum Gasteiger partial charge on any atom is 0.271 e. The zero-order valence-electron chi connectivity index (χ0n) is 19.2. The van der Waals surface area contributed by atoms with E-state index in [1.807, 2.05) is 48.7 Å². The summed E-state index contributed by atoms with van der Waals surface area (Å²) in [4.78, 5) is 17.7. The molecule has 4 rings (SSSR count). The number of nitrogens with one attached hydrogen (secondary N) is 2. The maximum absolute atomic E-state index is 13.0. The minimum absolute atomic E-state index is 0.0693. The predicted molar refractivity (Wildman–Crippen MR) is 135 cm³/mol. The molecule has 0 saturated carbocycles. The van der Waals surface area contributed by atoms with E-state index in [1.165, 1.54) is 5.56 Å². The van der Waals surface area contributed by atoms with Gasteiger partial charge >= 0.3 is 0 Å². The van der Waals surface area contributed by atoms with E-state index in [2.05, 4.69) is 67.2 Å². The average Bonchev–Trinajstić information content (AvgIpc) is 3.54. The van der Waals surface area contributed by atoms with Crippen LogP contribution in [-0.2, 0) is 19.4 Å². The van der Waals surface area contributed by atoms with Crippen LogP contribution in [-0.4, -0.2) is 47.9 Å². The lowest BCUT2D eigenvalue weighted by atomic mass is 10.1. The van der Waals surface area contributed by atoms with E-state index in [-0.39, 0.29) is 11.9 Å². The zero-order chi connectivity index (χ0) is 23.8. The average molecular weight is 476 g/mol. The molecule has 0 aliphatic rings. The third-order valence-electron chi connectivity index (χ3n) is 5.64. The van der Waals surface area contributed by atoms with Crippen LogP contribution in [0, 0.1) is 0 Å². The third-order valence-corrected chi connectivity index (χ3v) is 6.08. The molecule has 1 amide bonds. The summed E-state index contributed by atoms with van der Waals surface area (Å²) in [7, 11) is 0. The molecule has 0 saturated heterocycles. The molecule has 2 aromatic carbocycles. The summed E-state index contributed by atoms with van der Waals surface area (Å²) in [6.45, 7) is 2.78. The van der Waals surface area contributed by atoms with Crippen molar-refractivity contribution in [3.05, 3.63) is 83.4 Å². The summed E-state index contributed by atoms with van der Waals surface area (Å²) in [5, 5.41) is 17.2. The molecular formula is C25H29N7OS. The molecule has 0 spiro atoms. The Kier molecular flexibility index (Phi) is 8.08. The molecule has 9 heteroatoms. The van der Waals surface area contributed by atoms with E-state index < -0.39 is 0 Å². The molecule has 34 heavy (non-hydrogen) atoms. The van der Waals surface area contributed by atoms with Crippen molar-refractivity contribution >= 4 is 18.5 Å². The first-order valence-corrected chi connectivity index (χ1v) is 12.1. The number of rotatable bonds is 11. The van der Waals surface area contributed by atoms with Crippen LogP contribution in [0.2, 0.25) is 0 Å². The number of H-pyrrole nitrogens is 1. The van der Waals surface area contributed by atoms with Crippen molar-refractivity contribution in [2.24, 2.45) is 0 Å². The summed E-state index contributed by atoms with van der Waals surface area (Å²) in [5.41, 5.74) is 3.60. The lowest BCUT2D eigenvalue weighted by Gasteiger charge is -2.15. The van der Waals surface area contributed by atoms with Crippen molar-refractivity contribution in [3.63, 3.8) is 0 Å². The fourth-order valence-electron chi connectivity index (χ4n) is 3.79. The van der Waals surface area contributed by atoms with E-state index in [4.69, 9.17) is 0 Å². The minimum atomic E-state index is -0.168. The number of carbonyl (C=O) groups excluding carboxylic acids is 1.